The molecule has 14 heteroatoms. The zero-order chi connectivity index (χ0) is 25.6. The van der Waals surface area contributed by atoms with Gasteiger partial charge in [-0.05, 0) is 68.3 Å². The number of methoxy groups -OCH3 is 4. The Kier molecular flexibility index (Phi) is 10.7. The number of thiocarbonyl (C=S) groups is 1. The standard InChI is InChI=1S/C20H20Br2Cl3N3O5S/c1-30-10-7-11(21)15(12(22)8-10)26-19(34)28-18(20(23,24)25)27-17(29)9-5-13(31-2)16(33-4)14(6-9)32-3/h5-8,18H,1-4H3,(H,27,29)(H2,26,28,34)/t18-/m0/s1. The molecule has 0 unspecified atom stereocenters. The van der Waals surface area contributed by atoms with Gasteiger partial charge in [0, 0.05) is 14.5 Å². The second-order valence-corrected chi connectivity index (χ2v) is 10.9. The summed E-state index contributed by atoms with van der Waals surface area (Å²) >= 11 is 30.6. The van der Waals surface area contributed by atoms with Crippen LogP contribution >= 0.6 is 78.9 Å². The number of halogens is 5. The molecule has 1 atom stereocenters. The average Bonchev–Trinajstić information content (AvgIpc) is 2.78. The van der Waals surface area contributed by atoms with Gasteiger partial charge in [0.2, 0.25) is 9.54 Å². The smallest absolute Gasteiger partial charge is 0.253 e. The molecule has 2 rings (SSSR count). The maximum Gasteiger partial charge on any atom is 0.253 e. The molecule has 34 heavy (non-hydrogen) atoms. The monoisotopic (exact) mass is 677 g/mol. The van der Waals surface area contributed by atoms with Crippen LogP contribution in [0.1, 0.15) is 10.4 Å². The van der Waals surface area contributed by atoms with Gasteiger partial charge < -0.3 is 34.9 Å². The van der Waals surface area contributed by atoms with E-state index in [-0.39, 0.29) is 22.2 Å². The summed E-state index contributed by atoms with van der Waals surface area (Å²) in [5.74, 6) is 0.949. The lowest BCUT2D eigenvalue weighted by molar-refractivity contribution is 0.0933. The summed E-state index contributed by atoms with van der Waals surface area (Å²) in [4.78, 5) is 13.0. The second kappa shape index (κ2) is 12.5. The van der Waals surface area contributed by atoms with Crippen molar-refractivity contribution in [1.29, 1.82) is 0 Å². The summed E-state index contributed by atoms with van der Waals surface area (Å²) in [6, 6.07) is 6.42. The van der Waals surface area contributed by atoms with E-state index in [4.69, 9.17) is 66.0 Å². The molecule has 0 bridgehead atoms. The minimum atomic E-state index is -1.96. The van der Waals surface area contributed by atoms with Crippen LogP contribution in [0.2, 0.25) is 0 Å². The van der Waals surface area contributed by atoms with E-state index < -0.39 is 15.9 Å². The molecule has 0 saturated heterocycles. The van der Waals surface area contributed by atoms with Crippen LogP contribution in [0.25, 0.3) is 0 Å². The number of ether oxygens (including phenoxy) is 4. The number of amides is 1. The van der Waals surface area contributed by atoms with Gasteiger partial charge in [0.05, 0.1) is 34.1 Å². The maximum absolute atomic E-state index is 13.0. The van der Waals surface area contributed by atoms with E-state index in [1.807, 2.05) is 0 Å². The van der Waals surface area contributed by atoms with Crippen LogP contribution in [0.4, 0.5) is 5.69 Å². The highest BCUT2D eigenvalue weighted by atomic mass is 79.9. The van der Waals surface area contributed by atoms with Crippen molar-refractivity contribution in [2.45, 2.75) is 9.96 Å². The van der Waals surface area contributed by atoms with E-state index in [1.165, 1.54) is 33.5 Å². The summed E-state index contributed by atoms with van der Waals surface area (Å²) < 4.78 is 20.4. The third kappa shape index (κ3) is 7.32. The van der Waals surface area contributed by atoms with Crippen LogP contribution in [0.3, 0.4) is 0 Å². The van der Waals surface area contributed by atoms with Crippen LogP contribution in [0, 0.1) is 0 Å². The minimum absolute atomic E-state index is 0.0769. The van der Waals surface area contributed by atoms with Gasteiger partial charge in [-0.25, -0.2) is 0 Å². The number of carbonyl (C=O) groups excluding carboxylic acids is 1. The molecule has 2 aromatic carbocycles. The minimum Gasteiger partial charge on any atom is -0.497 e. The van der Waals surface area contributed by atoms with Gasteiger partial charge in [-0.2, -0.15) is 0 Å². The zero-order valence-corrected chi connectivity index (χ0v) is 24.5. The molecule has 186 valence electrons. The van der Waals surface area contributed by atoms with Crippen molar-refractivity contribution in [1.82, 2.24) is 10.6 Å². The van der Waals surface area contributed by atoms with Crippen molar-refractivity contribution in [3.8, 4) is 23.0 Å². The fourth-order valence-electron chi connectivity index (χ4n) is 2.69. The molecule has 0 fully saturated rings. The SMILES string of the molecule is COc1cc(Br)c(NC(=S)N[C@H](NC(=O)c2cc(OC)c(OC)c(OC)c2)C(Cl)(Cl)Cl)c(Br)c1. The molecule has 0 heterocycles. The maximum atomic E-state index is 13.0. The highest BCUT2D eigenvalue weighted by Gasteiger charge is 2.35. The largest absolute Gasteiger partial charge is 0.497 e. The summed E-state index contributed by atoms with van der Waals surface area (Å²) in [7, 11) is 5.88. The van der Waals surface area contributed by atoms with Gasteiger partial charge in [-0.3, -0.25) is 4.79 Å². The Labute approximate surface area is 234 Å². The number of carbonyl (C=O) groups is 1. The lowest BCUT2D eigenvalue weighted by atomic mass is 10.1. The van der Waals surface area contributed by atoms with Crippen LogP contribution < -0.4 is 34.9 Å². The Bertz CT molecular complexity index is 1020. The van der Waals surface area contributed by atoms with Crippen LogP contribution in [0.15, 0.2) is 33.2 Å². The van der Waals surface area contributed by atoms with Gasteiger partial charge in [0.25, 0.3) is 5.91 Å². The van der Waals surface area contributed by atoms with Crippen LogP contribution in [-0.2, 0) is 0 Å². The van der Waals surface area contributed by atoms with Gasteiger partial charge in [-0.15, -0.1) is 0 Å². The fourth-order valence-corrected chi connectivity index (χ4v) is 4.58. The number of rotatable bonds is 8. The number of hydrogen-bond donors (Lipinski definition) is 3. The first-order chi connectivity index (χ1) is 15.9. The quantitative estimate of drug-likeness (QED) is 0.187. The number of hydrogen-bond acceptors (Lipinski definition) is 6. The Morgan fingerprint density at radius 3 is 1.85 bits per heavy atom. The predicted molar refractivity (Wildman–Crippen MR) is 145 cm³/mol. The second-order valence-electron chi connectivity index (χ2n) is 6.43. The molecule has 1 amide bonds. The molecular formula is C20H20Br2Cl3N3O5S. The molecule has 0 aliphatic heterocycles. The number of anilines is 1. The van der Waals surface area contributed by atoms with E-state index >= 15 is 0 Å². The third-order valence-electron chi connectivity index (χ3n) is 4.29. The predicted octanol–water partition coefficient (Wildman–Crippen LogP) is 5.66. The Morgan fingerprint density at radius 2 is 1.44 bits per heavy atom. The van der Waals surface area contributed by atoms with Gasteiger partial charge in [0.15, 0.2) is 16.6 Å². The summed E-state index contributed by atoms with van der Waals surface area (Å²) in [6.45, 7) is 0. The molecule has 8 nitrogen and oxygen atoms in total. The molecule has 0 aliphatic carbocycles. The Morgan fingerprint density at radius 1 is 0.912 bits per heavy atom. The zero-order valence-electron chi connectivity index (χ0n) is 18.2. The topological polar surface area (TPSA) is 90.1 Å². The molecule has 2 aromatic rings. The molecule has 3 N–H and O–H groups in total. The number of alkyl halides is 3. The number of benzene rings is 2. The fraction of sp³-hybridized carbons (Fsp3) is 0.300. The van der Waals surface area contributed by atoms with E-state index in [1.54, 1.807) is 19.2 Å². The van der Waals surface area contributed by atoms with Crippen molar-refractivity contribution >= 4 is 95.6 Å². The lowest BCUT2D eigenvalue weighted by Gasteiger charge is -2.28. The van der Waals surface area contributed by atoms with Crippen LogP contribution in [0.5, 0.6) is 23.0 Å². The summed E-state index contributed by atoms with van der Waals surface area (Å²) in [6.07, 6.45) is -1.21. The highest BCUT2D eigenvalue weighted by molar-refractivity contribution is 9.11. The average molecular weight is 681 g/mol. The molecule has 0 aliphatic rings. The first kappa shape index (κ1) is 28.9. The third-order valence-corrected chi connectivity index (χ3v) is 6.42. The molecule has 0 radical (unpaired) electrons. The van der Waals surface area contributed by atoms with E-state index in [2.05, 4.69) is 47.8 Å². The number of nitrogens with one attached hydrogen (secondary N) is 3. The van der Waals surface area contributed by atoms with Crippen molar-refractivity contribution in [2.24, 2.45) is 0 Å². The Hall–Kier alpha value is -1.37. The van der Waals surface area contributed by atoms with E-state index in [0.717, 1.165) is 0 Å². The van der Waals surface area contributed by atoms with Gasteiger partial charge in [-0.1, -0.05) is 34.8 Å². The van der Waals surface area contributed by atoms with Gasteiger partial charge >= 0.3 is 0 Å². The Balaban J connectivity index is 2.25. The summed E-state index contributed by atoms with van der Waals surface area (Å²) in [5.41, 5.74) is 0.771. The molecule has 0 spiro atoms. The van der Waals surface area contributed by atoms with Crippen molar-refractivity contribution < 1.29 is 23.7 Å². The van der Waals surface area contributed by atoms with Crippen LogP contribution in [-0.4, -0.2) is 49.4 Å². The highest BCUT2D eigenvalue weighted by Crippen LogP contribution is 2.39. The normalized spacial score (nSPS) is 11.8. The molecule has 0 aromatic heterocycles. The lowest BCUT2D eigenvalue weighted by Crippen LogP contribution is -2.56. The first-order valence-electron chi connectivity index (χ1n) is 9.23. The van der Waals surface area contributed by atoms with E-state index in [0.29, 0.717) is 26.1 Å². The van der Waals surface area contributed by atoms with Crippen molar-refractivity contribution in [3.63, 3.8) is 0 Å². The van der Waals surface area contributed by atoms with Crippen molar-refractivity contribution in [2.75, 3.05) is 33.8 Å². The van der Waals surface area contributed by atoms with Gasteiger partial charge in [0.1, 0.15) is 11.9 Å². The van der Waals surface area contributed by atoms with E-state index in [9.17, 15) is 4.79 Å². The van der Waals surface area contributed by atoms with Crippen molar-refractivity contribution in [3.05, 3.63) is 38.8 Å². The molecule has 0 saturated carbocycles. The first-order valence-corrected chi connectivity index (χ1v) is 12.4. The summed E-state index contributed by atoms with van der Waals surface area (Å²) in [5, 5.41) is 8.47. The molecular weight excluding hydrogens is 660 g/mol.